The van der Waals surface area contributed by atoms with Gasteiger partial charge >= 0.3 is 5.97 Å². The lowest BCUT2D eigenvalue weighted by molar-refractivity contribution is -0.143. The second-order valence-corrected chi connectivity index (χ2v) is 4.98. The summed E-state index contributed by atoms with van der Waals surface area (Å²) in [7, 11) is 0. The Morgan fingerprint density at radius 1 is 1.22 bits per heavy atom. The van der Waals surface area contributed by atoms with Crippen molar-refractivity contribution in [2.24, 2.45) is 5.92 Å². The molecule has 0 unspecified atom stereocenters. The summed E-state index contributed by atoms with van der Waals surface area (Å²) in [6, 6.07) is 8.48. The first kappa shape index (κ1) is 11.3. The monoisotopic (exact) mass is 244 g/mol. The number of hydrogen-bond donors (Lipinski definition) is 1. The maximum absolute atomic E-state index is 10.9. The Kier molecular flexibility index (Phi) is 2.78. The molecule has 94 valence electrons. The molecule has 3 rings (SSSR count). The van der Waals surface area contributed by atoms with Crippen LogP contribution in [0.4, 0.5) is 0 Å². The predicted octanol–water partition coefficient (Wildman–Crippen LogP) is 2.85. The number of rotatable bonds is 2. The molecular weight excluding hydrogens is 228 g/mol. The Hall–Kier alpha value is -1.84. The van der Waals surface area contributed by atoms with E-state index in [2.05, 4.69) is 15.6 Å². The van der Waals surface area contributed by atoms with E-state index in [4.69, 9.17) is 5.11 Å². The Labute approximate surface area is 105 Å². The highest BCUT2D eigenvalue weighted by molar-refractivity contribution is 5.75. The molecule has 1 heterocycles. The van der Waals surface area contributed by atoms with Gasteiger partial charge in [-0.3, -0.25) is 4.79 Å². The van der Waals surface area contributed by atoms with Gasteiger partial charge in [-0.05, 0) is 37.8 Å². The van der Waals surface area contributed by atoms with Gasteiger partial charge in [-0.15, -0.1) is 0 Å². The SMILES string of the molecule is O=C(O)C1CCC(n2cnc3ccccc32)CC1. The van der Waals surface area contributed by atoms with Crippen molar-refractivity contribution in [1.82, 2.24) is 9.55 Å². The van der Waals surface area contributed by atoms with Gasteiger partial charge in [-0.2, -0.15) is 0 Å². The van der Waals surface area contributed by atoms with Gasteiger partial charge in [0, 0.05) is 6.04 Å². The van der Waals surface area contributed by atoms with Crippen LogP contribution < -0.4 is 0 Å². The fourth-order valence-electron chi connectivity index (χ4n) is 2.87. The number of imidazole rings is 1. The molecule has 0 aliphatic heterocycles. The summed E-state index contributed by atoms with van der Waals surface area (Å²) in [5.74, 6) is -0.806. The van der Waals surface area contributed by atoms with Crippen LogP contribution in [-0.4, -0.2) is 20.6 Å². The van der Waals surface area contributed by atoms with E-state index in [1.54, 1.807) is 0 Å². The van der Waals surface area contributed by atoms with Crippen molar-refractivity contribution in [3.63, 3.8) is 0 Å². The highest BCUT2D eigenvalue weighted by Crippen LogP contribution is 2.33. The van der Waals surface area contributed by atoms with Crippen LogP contribution in [-0.2, 0) is 4.79 Å². The summed E-state index contributed by atoms with van der Waals surface area (Å²) in [5.41, 5.74) is 2.16. The lowest BCUT2D eigenvalue weighted by atomic mass is 9.86. The highest BCUT2D eigenvalue weighted by Gasteiger charge is 2.27. The molecule has 4 nitrogen and oxygen atoms in total. The zero-order valence-electron chi connectivity index (χ0n) is 10.1. The first-order chi connectivity index (χ1) is 8.75. The van der Waals surface area contributed by atoms with Gasteiger partial charge in [-0.25, -0.2) is 4.98 Å². The fraction of sp³-hybridized carbons (Fsp3) is 0.429. The largest absolute Gasteiger partial charge is 0.481 e. The first-order valence-corrected chi connectivity index (χ1v) is 6.40. The number of nitrogens with zero attached hydrogens (tertiary/aromatic N) is 2. The van der Waals surface area contributed by atoms with E-state index in [-0.39, 0.29) is 5.92 Å². The lowest BCUT2D eigenvalue weighted by Crippen LogP contribution is -2.23. The Morgan fingerprint density at radius 3 is 2.67 bits per heavy atom. The second kappa shape index (κ2) is 4.44. The van der Waals surface area contributed by atoms with Crippen LogP contribution in [0.5, 0.6) is 0 Å². The van der Waals surface area contributed by atoms with Crippen LogP contribution in [0.25, 0.3) is 11.0 Å². The van der Waals surface area contributed by atoms with Gasteiger partial charge < -0.3 is 9.67 Å². The van der Waals surface area contributed by atoms with E-state index in [1.165, 1.54) is 0 Å². The zero-order chi connectivity index (χ0) is 12.5. The number of fused-ring (bicyclic) bond motifs is 1. The molecule has 2 aromatic rings. The third-order valence-corrected chi connectivity index (χ3v) is 3.92. The quantitative estimate of drug-likeness (QED) is 0.883. The number of hydrogen-bond acceptors (Lipinski definition) is 2. The Morgan fingerprint density at radius 2 is 1.94 bits per heavy atom. The standard InChI is InChI=1S/C14H16N2O2/c17-14(18)10-5-7-11(8-6-10)16-9-15-12-3-1-2-4-13(12)16/h1-4,9-11H,5-8H2,(H,17,18). The summed E-state index contributed by atoms with van der Waals surface area (Å²) in [4.78, 5) is 15.3. The molecule has 1 aliphatic carbocycles. The number of carbonyl (C=O) groups is 1. The third-order valence-electron chi connectivity index (χ3n) is 3.92. The molecule has 1 aliphatic rings. The third kappa shape index (κ3) is 1.88. The second-order valence-electron chi connectivity index (χ2n) is 4.98. The average Bonchev–Trinajstić information content (AvgIpc) is 2.82. The van der Waals surface area contributed by atoms with Crippen molar-refractivity contribution in [3.8, 4) is 0 Å². The van der Waals surface area contributed by atoms with Crippen LogP contribution in [0, 0.1) is 5.92 Å². The maximum atomic E-state index is 10.9. The molecule has 0 saturated heterocycles. The van der Waals surface area contributed by atoms with Crippen molar-refractivity contribution in [2.75, 3.05) is 0 Å². The number of aliphatic carboxylic acids is 1. The van der Waals surface area contributed by atoms with E-state index in [0.717, 1.165) is 36.7 Å². The summed E-state index contributed by atoms with van der Waals surface area (Å²) >= 11 is 0. The number of benzene rings is 1. The van der Waals surface area contributed by atoms with E-state index in [0.29, 0.717) is 6.04 Å². The van der Waals surface area contributed by atoms with Crippen LogP contribution in [0.3, 0.4) is 0 Å². The summed E-state index contributed by atoms with van der Waals surface area (Å²) in [6.07, 6.45) is 5.28. The van der Waals surface area contributed by atoms with E-state index >= 15 is 0 Å². The van der Waals surface area contributed by atoms with E-state index < -0.39 is 5.97 Å². The van der Waals surface area contributed by atoms with Crippen molar-refractivity contribution < 1.29 is 9.90 Å². The number of aromatic nitrogens is 2. The lowest BCUT2D eigenvalue weighted by Gasteiger charge is -2.27. The molecule has 1 saturated carbocycles. The molecule has 0 bridgehead atoms. The van der Waals surface area contributed by atoms with Gasteiger partial charge in [0.05, 0.1) is 23.3 Å². The van der Waals surface area contributed by atoms with Crippen molar-refractivity contribution in [2.45, 2.75) is 31.7 Å². The van der Waals surface area contributed by atoms with Crippen molar-refractivity contribution in [3.05, 3.63) is 30.6 Å². The van der Waals surface area contributed by atoms with Crippen molar-refractivity contribution >= 4 is 17.0 Å². The molecule has 0 radical (unpaired) electrons. The maximum Gasteiger partial charge on any atom is 0.306 e. The Bertz CT molecular complexity index is 568. The van der Waals surface area contributed by atoms with E-state index in [9.17, 15) is 4.79 Å². The highest BCUT2D eigenvalue weighted by atomic mass is 16.4. The number of carboxylic acids is 1. The molecule has 0 atom stereocenters. The van der Waals surface area contributed by atoms with Gasteiger partial charge in [0.25, 0.3) is 0 Å². The first-order valence-electron chi connectivity index (χ1n) is 6.40. The molecule has 18 heavy (non-hydrogen) atoms. The number of carboxylic acid groups (broad SMARTS) is 1. The average molecular weight is 244 g/mol. The molecule has 1 N–H and O–H groups in total. The molecule has 1 aromatic heterocycles. The molecule has 0 amide bonds. The number of para-hydroxylation sites is 2. The predicted molar refractivity (Wildman–Crippen MR) is 68.4 cm³/mol. The smallest absolute Gasteiger partial charge is 0.306 e. The summed E-state index contributed by atoms with van der Waals surface area (Å²) in [6.45, 7) is 0. The van der Waals surface area contributed by atoms with Gasteiger partial charge in [0.15, 0.2) is 0 Å². The van der Waals surface area contributed by atoms with Gasteiger partial charge in [0.1, 0.15) is 0 Å². The molecule has 4 heteroatoms. The minimum absolute atomic E-state index is 0.156. The van der Waals surface area contributed by atoms with Crippen LogP contribution >= 0.6 is 0 Å². The van der Waals surface area contributed by atoms with Gasteiger partial charge in [-0.1, -0.05) is 12.1 Å². The van der Waals surface area contributed by atoms with Crippen molar-refractivity contribution in [1.29, 1.82) is 0 Å². The molecule has 1 fully saturated rings. The van der Waals surface area contributed by atoms with Gasteiger partial charge in [0.2, 0.25) is 0 Å². The van der Waals surface area contributed by atoms with E-state index in [1.807, 2.05) is 24.5 Å². The minimum atomic E-state index is -0.649. The fourth-order valence-corrected chi connectivity index (χ4v) is 2.87. The Balaban J connectivity index is 1.82. The molecule has 1 aromatic carbocycles. The molecular formula is C14H16N2O2. The van der Waals surface area contributed by atoms with Crippen LogP contribution in [0.1, 0.15) is 31.7 Å². The zero-order valence-corrected chi connectivity index (χ0v) is 10.1. The molecule has 0 spiro atoms. The normalized spacial score (nSPS) is 24.2. The van der Waals surface area contributed by atoms with Crippen LogP contribution in [0.2, 0.25) is 0 Å². The topological polar surface area (TPSA) is 55.1 Å². The summed E-state index contributed by atoms with van der Waals surface area (Å²) < 4.78 is 2.20. The summed E-state index contributed by atoms with van der Waals surface area (Å²) in [5, 5.41) is 9.01. The van der Waals surface area contributed by atoms with Crippen LogP contribution in [0.15, 0.2) is 30.6 Å². The minimum Gasteiger partial charge on any atom is -0.481 e.